The minimum atomic E-state index is 0.407. The van der Waals surface area contributed by atoms with Crippen LogP contribution in [0.3, 0.4) is 0 Å². The highest BCUT2D eigenvalue weighted by Crippen LogP contribution is 2.04. The fraction of sp³-hybridized carbons (Fsp3) is 0.200. The van der Waals surface area contributed by atoms with Crippen molar-refractivity contribution in [2.24, 2.45) is 0 Å². The van der Waals surface area contributed by atoms with Crippen molar-refractivity contribution in [2.45, 2.75) is 11.7 Å². The molecule has 0 saturated carbocycles. The van der Waals surface area contributed by atoms with Crippen LogP contribution in [-0.2, 0) is 0 Å². The zero-order chi connectivity index (χ0) is 7.68. The van der Waals surface area contributed by atoms with Crippen LogP contribution in [0.1, 0.15) is 6.42 Å². The van der Waals surface area contributed by atoms with Crippen molar-refractivity contribution >= 4 is 24.8 Å². The number of thiol groups is 1. The average Bonchev–Trinajstić information content (AvgIpc) is 2.04. The summed E-state index contributed by atoms with van der Waals surface area (Å²) in [7, 11) is 0. The molecule has 0 aliphatic heterocycles. The molecule has 0 radical (unpaired) electrons. The first-order valence-corrected chi connectivity index (χ1v) is 4.33. The SMILES string of the molecule is SC1C=c2ccccc2=CC1. The lowest BCUT2D eigenvalue weighted by Crippen LogP contribution is -2.28. The molecule has 11 heavy (non-hydrogen) atoms. The summed E-state index contributed by atoms with van der Waals surface area (Å²) in [5.41, 5.74) is 0. The second-order valence-electron chi connectivity index (χ2n) is 2.80. The second kappa shape index (κ2) is 2.74. The van der Waals surface area contributed by atoms with Gasteiger partial charge in [-0.15, -0.1) is 0 Å². The van der Waals surface area contributed by atoms with Crippen LogP contribution in [-0.4, -0.2) is 5.25 Å². The number of rotatable bonds is 0. The van der Waals surface area contributed by atoms with Gasteiger partial charge in [0, 0.05) is 5.25 Å². The largest absolute Gasteiger partial charge is 0.171 e. The predicted molar refractivity (Wildman–Crippen MR) is 52.0 cm³/mol. The lowest BCUT2D eigenvalue weighted by molar-refractivity contribution is 1.14. The molecule has 0 heterocycles. The Bertz CT molecular complexity index is 365. The molecule has 56 valence electrons. The Hall–Kier alpha value is -0.690. The third-order valence-corrected chi connectivity index (χ3v) is 2.31. The van der Waals surface area contributed by atoms with Crippen LogP contribution in [0, 0.1) is 0 Å². The Kier molecular flexibility index (Phi) is 1.74. The van der Waals surface area contributed by atoms with Crippen LogP contribution in [0.15, 0.2) is 24.3 Å². The van der Waals surface area contributed by atoms with Gasteiger partial charge in [-0.3, -0.25) is 0 Å². The summed E-state index contributed by atoms with van der Waals surface area (Å²) < 4.78 is 0. The maximum atomic E-state index is 4.40. The number of hydrogen-bond donors (Lipinski definition) is 1. The maximum Gasteiger partial charge on any atom is 0.0240 e. The van der Waals surface area contributed by atoms with Gasteiger partial charge in [0.05, 0.1) is 0 Å². The van der Waals surface area contributed by atoms with Gasteiger partial charge < -0.3 is 0 Å². The summed E-state index contributed by atoms with van der Waals surface area (Å²) in [4.78, 5) is 0. The van der Waals surface area contributed by atoms with Crippen molar-refractivity contribution in [1.82, 2.24) is 0 Å². The number of hydrogen-bond acceptors (Lipinski definition) is 1. The molecule has 0 spiro atoms. The molecule has 2 rings (SSSR count). The summed E-state index contributed by atoms with van der Waals surface area (Å²) in [5.74, 6) is 0. The van der Waals surface area contributed by atoms with Crippen LogP contribution in [0.25, 0.3) is 12.2 Å². The van der Waals surface area contributed by atoms with Gasteiger partial charge in [-0.05, 0) is 16.9 Å². The highest BCUT2D eigenvalue weighted by molar-refractivity contribution is 7.81. The van der Waals surface area contributed by atoms with E-state index in [0.717, 1.165) is 6.42 Å². The highest BCUT2D eigenvalue weighted by atomic mass is 32.1. The van der Waals surface area contributed by atoms with Gasteiger partial charge in [0.2, 0.25) is 0 Å². The Morgan fingerprint density at radius 2 is 1.91 bits per heavy atom. The van der Waals surface area contributed by atoms with Crippen molar-refractivity contribution in [3.8, 4) is 0 Å². The van der Waals surface area contributed by atoms with E-state index in [-0.39, 0.29) is 0 Å². The first-order valence-electron chi connectivity index (χ1n) is 3.81. The lowest BCUT2D eigenvalue weighted by atomic mass is 10.1. The van der Waals surface area contributed by atoms with Gasteiger partial charge in [-0.25, -0.2) is 0 Å². The molecule has 1 atom stereocenters. The van der Waals surface area contributed by atoms with Crippen molar-refractivity contribution in [1.29, 1.82) is 0 Å². The van der Waals surface area contributed by atoms with E-state index in [1.54, 1.807) is 0 Å². The van der Waals surface area contributed by atoms with Gasteiger partial charge in [0.25, 0.3) is 0 Å². The molecule has 0 N–H and O–H groups in total. The van der Waals surface area contributed by atoms with Gasteiger partial charge in [-0.1, -0.05) is 36.4 Å². The fourth-order valence-corrected chi connectivity index (χ4v) is 1.64. The molecule has 1 aliphatic carbocycles. The highest BCUT2D eigenvalue weighted by Gasteiger charge is 1.99. The minimum absolute atomic E-state index is 0.407. The Morgan fingerprint density at radius 1 is 1.18 bits per heavy atom. The van der Waals surface area contributed by atoms with Crippen molar-refractivity contribution in [2.75, 3.05) is 0 Å². The molecule has 1 aromatic rings. The third kappa shape index (κ3) is 1.33. The molecular formula is C10H10S. The smallest absolute Gasteiger partial charge is 0.0240 e. The molecule has 1 unspecified atom stereocenters. The van der Waals surface area contributed by atoms with E-state index >= 15 is 0 Å². The lowest BCUT2D eigenvalue weighted by Gasteiger charge is -2.05. The summed E-state index contributed by atoms with van der Waals surface area (Å²) in [5, 5.41) is 3.07. The van der Waals surface area contributed by atoms with Crippen LogP contribution >= 0.6 is 12.6 Å². The summed E-state index contributed by atoms with van der Waals surface area (Å²) in [6.45, 7) is 0. The van der Waals surface area contributed by atoms with E-state index in [1.165, 1.54) is 10.4 Å². The van der Waals surface area contributed by atoms with Crippen LogP contribution in [0.5, 0.6) is 0 Å². The summed E-state index contributed by atoms with van der Waals surface area (Å²) in [6.07, 6.45) is 5.51. The van der Waals surface area contributed by atoms with Gasteiger partial charge >= 0.3 is 0 Å². The van der Waals surface area contributed by atoms with E-state index in [9.17, 15) is 0 Å². The first-order chi connectivity index (χ1) is 5.36. The Balaban J connectivity index is 2.73. The zero-order valence-electron chi connectivity index (χ0n) is 6.20. The standard InChI is InChI=1S/C10H10S/c11-10-6-5-8-3-1-2-4-9(8)7-10/h1-5,7,10-11H,6H2. The van der Waals surface area contributed by atoms with E-state index in [2.05, 4.69) is 49.0 Å². The average molecular weight is 162 g/mol. The Labute approximate surface area is 71.7 Å². The maximum absolute atomic E-state index is 4.40. The van der Waals surface area contributed by atoms with Crippen LogP contribution < -0.4 is 10.4 Å². The second-order valence-corrected chi connectivity index (χ2v) is 3.47. The van der Waals surface area contributed by atoms with Gasteiger partial charge in [0.15, 0.2) is 0 Å². The third-order valence-electron chi connectivity index (χ3n) is 1.95. The molecule has 1 aliphatic rings. The topological polar surface area (TPSA) is 0 Å². The summed E-state index contributed by atoms with van der Waals surface area (Å²) in [6, 6.07) is 8.41. The predicted octanol–water partition coefficient (Wildman–Crippen LogP) is 0.950. The number of fused-ring (bicyclic) bond motifs is 1. The molecule has 1 aromatic carbocycles. The summed E-state index contributed by atoms with van der Waals surface area (Å²) >= 11 is 4.40. The molecule has 0 aromatic heterocycles. The molecule has 0 fully saturated rings. The normalized spacial score (nSPS) is 21.4. The van der Waals surface area contributed by atoms with Crippen molar-refractivity contribution in [3.05, 3.63) is 34.7 Å². The monoisotopic (exact) mass is 162 g/mol. The van der Waals surface area contributed by atoms with Gasteiger partial charge in [-0.2, -0.15) is 12.6 Å². The molecule has 0 amide bonds. The molecular weight excluding hydrogens is 152 g/mol. The molecule has 0 nitrogen and oxygen atoms in total. The van der Waals surface area contributed by atoms with Gasteiger partial charge in [0.1, 0.15) is 0 Å². The quantitative estimate of drug-likeness (QED) is 0.539. The molecule has 0 saturated heterocycles. The van der Waals surface area contributed by atoms with E-state index in [0.29, 0.717) is 5.25 Å². The zero-order valence-corrected chi connectivity index (χ0v) is 7.09. The van der Waals surface area contributed by atoms with Crippen molar-refractivity contribution < 1.29 is 0 Å². The number of benzene rings is 1. The Morgan fingerprint density at radius 3 is 2.73 bits per heavy atom. The molecule has 1 heteroatoms. The van der Waals surface area contributed by atoms with E-state index in [4.69, 9.17) is 0 Å². The van der Waals surface area contributed by atoms with E-state index in [1.807, 2.05) is 0 Å². The minimum Gasteiger partial charge on any atom is -0.171 e. The van der Waals surface area contributed by atoms with Crippen molar-refractivity contribution in [3.63, 3.8) is 0 Å². The molecule has 0 bridgehead atoms. The van der Waals surface area contributed by atoms with E-state index < -0.39 is 0 Å². The van der Waals surface area contributed by atoms with Crippen LogP contribution in [0.2, 0.25) is 0 Å². The first kappa shape index (κ1) is 6.99. The fourth-order valence-electron chi connectivity index (χ4n) is 1.37. The van der Waals surface area contributed by atoms with Crippen LogP contribution in [0.4, 0.5) is 0 Å².